The fourth-order valence-corrected chi connectivity index (χ4v) is 4.04. The van der Waals surface area contributed by atoms with Crippen molar-refractivity contribution in [1.29, 1.82) is 0 Å². The molecule has 7 heteroatoms. The molecule has 0 N–H and O–H groups in total. The highest BCUT2D eigenvalue weighted by atomic mass is 16.7. The molecule has 1 aliphatic rings. The summed E-state index contributed by atoms with van der Waals surface area (Å²) in [5.74, 6) is -0.964. The van der Waals surface area contributed by atoms with E-state index in [-0.39, 0.29) is 19.0 Å². The molecule has 0 unspecified atom stereocenters. The number of hydrogen-bond acceptors (Lipinski definition) is 7. The molecule has 1 aliphatic heterocycles. The van der Waals surface area contributed by atoms with Crippen LogP contribution < -0.4 is 0 Å². The second-order valence-corrected chi connectivity index (χ2v) is 8.95. The van der Waals surface area contributed by atoms with Crippen LogP contribution >= 0.6 is 0 Å². The molecule has 3 aromatic rings. The zero-order valence-corrected chi connectivity index (χ0v) is 21.3. The zero-order chi connectivity index (χ0) is 26.6. The average Bonchev–Trinajstić information content (AvgIpc) is 3.26. The second-order valence-electron chi connectivity index (χ2n) is 8.95. The van der Waals surface area contributed by atoms with Gasteiger partial charge in [0.1, 0.15) is 18.3 Å². The lowest BCUT2D eigenvalue weighted by Gasteiger charge is -2.24. The maximum atomic E-state index is 12.4. The van der Waals surface area contributed by atoms with Crippen molar-refractivity contribution in [3.63, 3.8) is 0 Å². The van der Waals surface area contributed by atoms with E-state index in [1.54, 1.807) is 0 Å². The molecular weight excluding hydrogens is 484 g/mol. The SMILES string of the molecule is CC(=O)/C=C\C(=O)O[C@@H]1O[C@H](COCc2ccccc2)[C@@H](OCc2ccccc2)[C@@H]1OCc1ccccc1. The van der Waals surface area contributed by atoms with Gasteiger partial charge in [0.2, 0.25) is 6.29 Å². The van der Waals surface area contributed by atoms with Crippen molar-refractivity contribution < 1.29 is 33.3 Å². The molecule has 198 valence electrons. The summed E-state index contributed by atoms with van der Waals surface area (Å²) in [5, 5.41) is 0. The second kappa shape index (κ2) is 14.4. The maximum Gasteiger partial charge on any atom is 0.333 e. The van der Waals surface area contributed by atoms with E-state index in [1.807, 2.05) is 91.0 Å². The Morgan fingerprint density at radius 2 is 1.21 bits per heavy atom. The number of ether oxygens (including phenoxy) is 5. The normalized spacial score (nSPS) is 21.0. The van der Waals surface area contributed by atoms with E-state index in [0.717, 1.165) is 28.8 Å². The zero-order valence-electron chi connectivity index (χ0n) is 21.3. The first-order valence-electron chi connectivity index (χ1n) is 12.6. The first-order valence-corrected chi connectivity index (χ1v) is 12.6. The van der Waals surface area contributed by atoms with E-state index in [2.05, 4.69) is 0 Å². The molecule has 1 fully saturated rings. The van der Waals surface area contributed by atoms with Crippen LogP contribution in [0.2, 0.25) is 0 Å². The Balaban J connectivity index is 1.51. The van der Waals surface area contributed by atoms with Gasteiger partial charge in [-0.15, -0.1) is 0 Å². The highest BCUT2D eigenvalue weighted by Gasteiger charge is 2.48. The molecule has 1 heterocycles. The Bertz CT molecular complexity index is 1160. The Kier molecular flexibility index (Phi) is 10.4. The standard InChI is InChI=1S/C31H32O7/c1-23(32)17-18-28(33)38-31-30(36-21-26-15-9-4-10-16-26)29(35-20-25-13-7-3-8-14-25)27(37-31)22-34-19-24-11-5-2-6-12-24/h2-18,27,29-31H,19-22H2,1H3/b18-17-/t27-,29-,30+,31+/m1/s1. The minimum absolute atomic E-state index is 0.205. The Labute approximate surface area is 222 Å². The molecule has 0 bridgehead atoms. The van der Waals surface area contributed by atoms with Crippen molar-refractivity contribution in [3.05, 3.63) is 120 Å². The third kappa shape index (κ3) is 8.46. The molecular formula is C31H32O7. The van der Waals surface area contributed by atoms with Crippen molar-refractivity contribution >= 4 is 11.8 Å². The van der Waals surface area contributed by atoms with Gasteiger partial charge in [-0.3, -0.25) is 4.79 Å². The largest absolute Gasteiger partial charge is 0.430 e. The predicted molar refractivity (Wildman–Crippen MR) is 141 cm³/mol. The number of hydrogen-bond donors (Lipinski definition) is 0. The number of allylic oxidation sites excluding steroid dienone is 1. The van der Waals surface area contributed by atoms with Crippen LogP contribution in [-0.2, 0) is 53.1 Å². The smallest absolute Gasteiger partial charge is 0.333 e. The molecule has 4 rings (SSSR count). The third-order valence-electron chi connectivity index (χ3n) is 5.92. The van der Waals surface area contributed by atoms with Crippen LogP contribution in [0.15, 0.2) is 103 Å². The molecule has 0 aliphatic carbocycles. The summed E-state index contributed by atoms with van der Waals surface area (Å²) >= 11 is 0. The van der Waals surface area contributed by atoms with Crippen molar-refractivity contribution in [2.75, 3.05) is 6.61 Å². The van der Waals surface area contributed by atoms with Crippen LogP contribution in [0.25, 0.3) is 0 Å². The van der Waals surface area contributed by atoms with E-state index in [4.69, 9.17) is 23.7 Å². The van der Waals surface area contributed by atoms with Gasteiger partial charge in [0, 0.05) is 6.08 Å². The minimum Gasteiger partial charge on any atom is -0.430 e. The monoisotopic (exact) mass is 516 g/mol. The fraction of sp³-hybridized carbons (Fsp3) is 0.290. The summed E-state index contributed by atoms with van der Waals surface area (Å²) in [6.45, 7) is 2.55. The molecule has 0 radical (unpaired) electrons. The maximum absolute atomic E-state index is 12.4. The lowest BCUT2D eigenvalue weighted by molar-refractivity contribution is -0.192. The summed E-state index contributed by atoms with van der Waals surface area (Å²) < 4.78 is 30.3. The molecule has 0 spiro atoms. The number of ketones is 1. The predicted octanol–water partition coefficient (Wildman–Crippen LogP) is 4.79. The molecule has 0 saturated carbocycles. The van der Waals surface area contributed by atoms with Crippen molar-refractivity contribution in [2.45, 2.75) is 51.3 Å². The van der Waals surface area contributed by atoms with E-state index in [0.29, 0.717) is 13.2 Å². The number of rotatable bonds is 13. The van der Waals surface area contributed by atoms with Crippen molar-refractivity contribution in [1.82, 2.24) is 0 Å². The van der Waals surface area contributed by atoms with E-state index < -0.39 is 30.6 Å². The molecule has 1 saturated heterocycles. The lowest BCUT2D eigenvalue weighted by Crippen LogP contribution is -2.40. The fourth-order valence-electron chi connectivity index (χ4n) is 4.04. The number of esters is 1. The van der Waals surface area contributed by atoms with Gasteiger partial charge in [-0.25, -0.2) is 4.79 Å². The van der Waals surface area contributed by atoms with Crippen molar-refractivity contribution in [2.24, 2.45) is 0 Å². The summed E-state index contributed by atoms with van der Waals surface area (Å²) in [4.78, 5) is 23.7. The first kappa shape index (κ1) is 27.4. The summed E-state index contributed by atoms with van der Waals surface area (Å²) in [7, 11) is 0. The number of benzene rings is 3. The molecule has 38 heavy (non-hydrogen) atoms. The molecule has 3 aromatic carbocycles. The summed E-state index contributed by atoms with van der Waals surface area (Å²) in [6, 6.07) is 29.3. The molecule has 0 aromatic heterocycles. The van der Waals surface area contributed by atoms with Crippen LogP contribution in [0, 0.1) is 0 Å². The third-order valence-corrected chi connectivity index (χ3v) is 5.92. The minimum atomic E-state index is -1.05. The van der Waals surface area contributed by atoms with Gasteiger partial charge in [0.05, 0.1) is 26.4 Å². The Hall–Kier alpha value is -3.62. The highest BCUT2D eigenvalue weighted by Crippen LogP contribution is 2.30. The molecule has 4 atom stereocenters. The van der Waals surface area contributed by atoms with Gasteiger partial charge in [0.15, 0.2) is 5.78 Å². The summed E-state index contributed by atoms with van der Waals surface area (Å²) in [6.07, 6.45) is -0.671. The van der Waals surface area contributed by atoms with Gasteiger partial charge >= 0.3 is 5.97 Å². The van der Waals surface area contributed by atoms with Gasteiger partial charge in [0.25, 0.3) is 0 Å². The quantitative estimate of drug-likeness (QED) is 0.239. The van der Waals surface area contributed by atoms with Crippen LogP contribution in [0.5, 0.6) is 0 Å². The topological polar surface area (TPSA) is 80.3 Å². The molecule has 0 amide bonds. The van der Waals surface area contributed by atoms with Gasteiger partial charge in [-0.05, 0) is 29.7 Å². The van der Waals surface area contributed by atoms with Crippen LogP contribution in [0.3, 0.4) is 0 Å². The molecule has 7 nitrogen and oxygen atoms in total. The van der Waals surface area contributed by atoms with Crippen LogP contribution in [-0.4, -0.2) is 43.0 Å². The van der Waals surface area contributed by atoms with E-state index in [1.165, 1.54) is 6.92 Å². The Morgan fingerprint density at radius 1 is 0.711 bits per heavy atom. The number of carbonyl (C=O) groups excluding carboxylic acids is 2. The first-order chi connectivity index (χ1) is 18.6. The van der Waals surface area contributed by atoms with E-state index in [9.17, 15) is 9.59 Å². The Morgan fingerprint density at radius 3 is 1.74 bits per heavy atom. The van der Waals surface area contributed by atoms with Crippen molar-refractivity contribution in [3.8, 4) is 0 Å². The number of carbonyl (C=O) groups is 2. The van der Waals surface area contributed by atoms with Gasteiger partial charge < -0.3 is 23.7 Å². The van der Waals surface area contributed by atoms with Gasteiger partial charge in [-0.2, -0.15) is 0 Å². The lowest BCUT2D eigenvalue weighted by atomic mass is 10.1. The van der Waals surface area contributed by atoms with Crippen LogP contribution in [0.4, 0.5) is 0 Å². The highest BCUT2D eigenvalue weighted by molar-refractivity contribution is 5.94. The summed E-state index contributed by atoms with van der Waals surface area (Å²) in [5.41, 5.74) is 2.98. The average molecular weight is 517 g/mol. The van der Waals surface area contributed by atoms with E-state index >= 15 is 0 Å². The van der Waals surface area contributed by atoms with Gasteiger partial charge in [-0.1, -0.05) is 91.0 Å². The van der Waals surface area contributed by atoms with Crippen LogP contribution in [0.1, 0.15) is 23.6 Å².